The molecule has 32 nitrogen and oxygen atoms in total. The number of ether oxygens (including phenoxy) is 8. The number of carbonyl (C=O) groups excluding carboxylic acids is 4. The van der Waals surface area contributed by atoms with E-state index in [1.165, 1.54) is 36.9 Å². The highest BCUT2D eigenvalue weighted by Crippen LogP contribution is 2.42. The summed E-state index contributed by atoms with van der Waals surface area (Å²) in [4.78, 5) is 48.5. The van der Waals surface area contributed by atoms with Gasteiger partial charge in [-0.05, 0) is 194 Å². The second kappa shape index (κ2) is 34.1. The lowest BCUT2D eigenvalue weighted by molar-refractivity contribution is 0.0985. The van der Waals surface area contributed by atoms with Crippen molar-refractivity contribution >= 4 is 179 Å². The molecule has 8 aromatic heterocycles. The first kappa shape index (κ1) is 50.4. The highest BCUT2D eigenvalue weighted by atomic mass is 35.5. The standard InChI is InChI=1S/4C18H15ClN2O6S2/c4*1-9-5-13-14(26-8-25-13)7-11(9)6-12(22)17-15(3-4-28-17)29(23,24)21-18-16(19)10(2)20-27-18/h4*3-5,7,21H,6,8H2,1-2H3/i2D3,5D,6D2,7D,8D2;2D3,5D,6D2,7D,8D;2D3,5D,6D2,7D;1D3,2D3,6D2,8D2. The maximum Gasteiger partial charge on any atom is 0.265 e. The van der Waals surface area contributed by atoms with Crippen LogP contribution < -0.4 is 56.8 Å². The minimum atomic E-state index is -4.74. The Hall–Kier alpha value is -10.2. The van der Waals surface area contributed by atoms with Gasteiger partial charge in [0, 0.05) is 57.0 Å². The molecule has 1 unspecified atom stereocenters. The van der Waals surface area contributed by atoms with Crippen LogP contribution >= 0.6 is 91.8 Å². The van der Waals surface area contributed by atoms with E-state index in [4.69, 9.17) is 149 Å². The molecule has 0 fully saturated rings. The zero-order valence-electron chi connectivity index (χ0n) is 90.9. The van der Waals surface area contributed by atoms with E-state index < -0.39 is 318 Å². The molecule has 44 heteroatoms. The average Bonchev–Trinajstić information content (AvgIpc) is 1.56. The molecule has 116 heavy (non-hydrogen) atoms. The number of halogens is 4. The molecular weight excluding hydrogens is 1760 g/mol. The third kappa shape index (κ3) is 18.1. The molecule has 12 aromatic rings. The summed E-state index contributed by atoms with van der Waals surface area (Å²) in [6.07, 6.45) is -12.2. The Morgan fingerprint density at radius 2 is 0.672 bits per heavy atom. The summed E-state index contributed by atoms with van der Waals surface area (Å²) in [5.74, 6) is -11.0. The Bertz CT molecular complexity index is 8040. The van der Waals surface area contributed by atoms with E-state index in [1.54, 1.807) is 0 Å². The summed E-state index contributed by atoms with van der Waals surface area (Å²) in [7, 11) is -18.8. The monoisotopic (exact) mass is 1850 g/mol. The number of thiophene rings is 4. The minimum Gasteiger partial charge on any atom is -0.454 e. The zero-order chi connectivity index (χ0) is 112. The maximum absolute atomic E-state index is 13.4. The van der Waals surface area contributed by atoms with Crippen molar-refractivity contribution in [2.24, 2.45) is 0 Å². The molecule has 4 N–H and O–H groups in total. The van der Waals surface area contributed by atoms with Gasteiger partial charge >= 0.3 is 0 Å². The summed E-state index contributed by atoms with van der Waals surface area (Å²) in [5, 5.41) is 15.3. The summed E-state index contributed by atoms with van der Waals surface area (Å²) in [6.45, 7) is -17.6. The van der Waals surface area contributed by atoms with Gasteiger partial charge in [0.15, 0.2) is 69.1 Å². The van der Waals surface area contributed by atoms with Crippen LogP contribution in [0.4, 0.5) is 23.5 Å². The van der Waals surface area contributed by atoms with E-state index >= 15 is 0 Å². The van der Waals surface area contributed by atoms with E-state index in [2.05, 4.69) is 20.6 Å². The van der Waals surface area contributed by atoms with Crippen LogP contribution in [0.5, 0.6) is 46.0 Å². The number of Topliss-reactive ketones (excluding diaryl/α,β-unsaturated/α-hetero) is 4. The number of aryl methyl sites for hydroxylation is 5. The lowest BCUT2D eigenvalue weighted by Gasteiger charge is -2.09. The van der Waals surface area contributed by atoms with Gasteiger partial charge in [0.25, 0.3) is 63.6 Å². The average molecular weight is 1850 g/mol. The molecule has 608 valence electrons. The number of anilines is 4. The van der Waals surface area contributed by atoms with E-state index in [0.29, 0.717) is 45.3 Å². The van der Waals surface area contributed by atoms with E-state index in [0.717, 1.165) is 41.8 Å². The first-order chi connectivity index (χ1) is 68.5. The molecule has 16 rings (SSSR count). The second-order valence-corrected chi connectivity index (χ2v) is 34.1. The van der Waals surface area contributed by atoms with Crippen molar-refractivity contribution in [1.29, 1.82) is 0 Å². The van der Waals surface area contributed by atoms with Crippen LogP contribution in [-0.2, 0) is 65.6 Å². The molecule has 12 heterocycles. The molecule has 0 aliphatic carbocycles. The molecule has 1 atom stereocenters. The number of benzene rings is 4. The number of hydrogen-bond acceptors (Lipinski definition) is 32. The van der Waals surface area contributed by atoms with Gasteiger partial charge in [0.1, 0.15) is 69.3 Å². The molecule has 4 aliphatic heterocycles. The van der Waals surface area contributed by atoms with Gasteiger partial charge in [0.2, 0.25) is 27.1 Å². The molecular formula is C72H60Cl4N8O24S8. The summed E-state index contributed by atoms with van der Waals surface area (Å²) in [5.41, 5.74) is -6.26. The van der Waals surface area contributed by atoms with Crippen LogP contribution in [0, 0.1) is 55.0 Å². The fourth-order valence-electron chi connectivity index (χ4n) is 9.32. The highest BCUT2D eigenvalue weighted by molar-refractivity contribution is 7.94. The molecule has 4 aliphatic rings. The van der Waals surface area contributed by atoms with Gasteiger partial charge in [-0.2, -0.15) is 0 Å². The van der Waals surface area contributed by atoms with E-state index in [1.807, 2.05) is 18.9 Å². The molecule has 0 radical (unpaired) electrons. The molecule has 0 saturated heterocycles. The molecule has 4 aromatic carbocycles. The van der Waals surface area contributed by atoms with Crippen LogP contribution in [0.25, 0.3) is 0 Å². The van der Waals surface area contributed by atoms with Gasteiger partial charge in [-0.15, -0.1) is 45.3 Å². The number of nitrogens with one attached hydrogen (secondary N) is 4. The fraction of sp³-hybridized carbons (Fsp3) is 0.222. The van der Waals surface area contributed by atoms with Gasteiger partial charge in [-0.3, -0.25) is 19.2 Å². The smallest absolute Gasteiger partial charge is 0.265 e. The van der Waals surface area contributed by atoms with Crippen molar-refractivity contribution in [3.05, 3.63) is 201 Å². The number of fused-ring (bicyclic) bond motifs is 4. The van der Waals surface area contributed by atoms with Crippen molar-refractivity contribution in [1.82, 2.24) is 20.6 Å². The van der Waals surface area contributed by atoms with Gasteiger partial charge in [-0.1, -0.05) is 67.0 Å². The summed E-state index contributed by atoms with van der Waals surface area (Å²) < 4.78 is 438. The predicted octanol–water partition coefficient (Wildman–Crippen LogP) is 15.8. The van der Waals surface area contributed by atoms with Gasteiger partial charge in [-0.25, -0.2) is 52.6 Å². The van der Waals surface area contributed by atoms with Crippen LogP contribution in [0.2, 0.25) is 20.1 Å². The maximum atomic E-state index is 13.4. The lowest BCUT2D eigenvalue weighted by Crippen LogP contribution is -2.16. The Labute approximate surface area is 744 Å². The molecule has 0 bridgehead atoms. The van der Waals surface area contributed by atoms with Crippen LogP contribution in [0.15, 0.2) is 132 Å². The second-order valence-electron chi connectivity index (χ2n) is 22.3. The highest BCUT2D eigenvalue weighted by Gasteiger charge is 2.34. The quantitative estimate of drug-likeness (QED) is 0.0408. The number of nitrogens with zero attached hydrogens (tertiary/aromatic N) is 4. The normalized spacial score (nSPS) is 19.8. The van der Waals surface area contributed by atoms with Gasteiger partial charge in [0.05, 0.1) is 27.7 Å². The topological polar surface area (TPSA) is 431 Å². The van der Waals surface area contributed by atoms with Crippen LogP contribution in [-0.4, -0.2) is 104 Å². The number of sulfonamides is 4. The molecule has 0 spiro atoms. The first-order valence-electron chi connectivity index (χ1n) is 47.7. The number of ketones is 4. The number of hydrogen-bond donors (Lipinski definition) is 4. The third-order valence-corrected chi connectivity index (χ3v) is 25.8. The Morgan fingerprint density at radius 3 is 0.991 bits per heavy atom. The largest absolute Gasteiger partial charge is 0.454 e. The molecule has 0 saturated carbocycles. The fourth-order valence-corrected chi connectivity index (χ4v) is 19.3. The SMILES string of the molecule is [2H]C1([2H])Oc2cc(C([2H])([2H])[2H])c(C([2H])([2H])C(=O)c3sccc3S(=O)(=O)Nc3onc(C([2H])([2H])[2H])c3Cl)cc2O1.[2H]c1c(C)c(C([2H])([2H])C(=O)c2sccc2S(=O)(=O)Nc2onc(C([2H])([2H])[2H])c2Cl)c([2H])c2c1OC([2H])([2H])O2.[2H]c1c(C)c(C([2H])([2H])C(=O)c2sccc2S(=O)(=O)Nc2onc(C([2H])([2H])[2H])c2Cl)c([2H])c2c1OC([2H])O2.[2H]c1c(C)c(C([2H])([2H])C(=O)c2sccc2S(=O)(=O)Nc2onc(C([2H])([2H])[2H])c2Cl)c([2H])c2c1OCO2. The van der Waals surface area contributed by atoms with Crippen molar-refractivity contribution < 1.29 is 155 Å². The van der Waals surface area contributed by atoms with Crippen molar-refractivity contribution in [2.45, 2.75) is 100 Å². The lowest BCUT2D eigenvalue weighted by atomic mass is 10.0. The van der Waals surface area contributed by atoms with Crippen molar-refractivity contribution in [2.75, 3.05) is 45.9 Å². The Balaban J connectivity index is 0.000000167. The number of aromatic nitrogens is 4. The zero-order valence-corrected chi connectivity index (χ0v) is 66.5. The van der Waals surface area contributed by atoms with Crippen LogP contribution in [0.3, 0.4) is 0 Å². The van der Waals surface area contributed by atoms with Gasteiger partial charge < -0.3 is 56.0 Å². The third-order valence-electron chi connectivity index (χ3n) is 14.7. The van der Waals surface area contributed by atoms with Crippen LogP contribution in [0.1, 0.15) is 153 Å². The number of rotatable bonds is 24. The Kier molecular flexibility index (Phi) is 14.8. The number of carbonyl (C=O) groups is 4. The predicted molar refractivity (Wildman–Crippen MR) is 427 cm³/mol. The van der Waals surface area contributed by atoms with E-state index in [-0.39, 0.29) is 64.0 Å². The van der Waals surface area contributed by atoms with Crippen molar-refractivity contribution in [3.63, 3.8) is 0 Å². The van der Waals surface area contributed by atoms with E-state index in [9.17, 15) is 52.8 Å². The summed E-state index contributed by atoms with van der Waals surface area (Å²) in [6, 6.07) is 2.59. The molecule has 0 amide bonds. The first-order valence-corrected chi connectivity index (χ1v) is 41.6. The Morgan fingerprint density at radius 1 is 0.397 bits per heavy atom. The minimum absolute atomic E-state index is 0.0477. The van der Waals surface area contributed by atoms with Crippen molar-refractivity contribution in [3.8, 4) is 46.0 Å². The summed E-state index contributed by atoms with van der Waals surface area (Å²) >= 11 is 25.9.